The Balaban J connectivity index is 2.11. The molecule has 5 heteroatoms. The van der Waals surface area contributed by atoms with Gasteiger partial charge in [-0.15, -0.1) is 0 Å². The van der Waals surface area contributed by atoms with Gasteiger partial charge in [-0.05, 0) is 35.9 Å². The van der Waals surface area contributed by atoms with E-state index in [0.717, 1.165) is 22.8 Å². The van der Waals surface area contributed by atoms with E-state index in [2.05, 4.69) is 15.9 Å². The lowest BCUT2D eigenvalue weighted by Gasteiger charge is -2.07. The molecular formula is C16H10BrClFNO. The second-order valence-corrected chi connectivity index (χ2v) is 6.12. The number of rotatable bonds is 3. The summed E-state index contributed by atoms with van der Waals surface area (Å²) < 4.78 is 16.0. The molecule has 1 aromatic heterocycles. The first-order chi connectivity index (χ1) is 10.1. The molecule has 0 saturated carbocycles. The quantitative estimate of drug-likeness (QED) is 0.594. The number of nitrogens with zero attached hydrogens (tertiary/aromatic N) is 1. The molecule has 0 aliphatic heterocycles. The molecule has 0 saturated heterocycles. The van der Waals surface area contributed by atoms with Crippen LogP contribution < -0.4 is 0 Å². The van der Waals surface area contributed by atoms with Gasteiger partial charge in [-0.3, -0.25) is 4.79 Å². The Kier molecular flexibility index (Phi) is 3.83. The summed E-state index contributed by atoms with van der Waals surface area (Å²) in [4.78, 5) is 11.2. The smallest absolute Gasteiger partial charge is 0.152 e. The molecule has 3 aromatic rings. The number of halogens is 3. The van der Waals surface area contributed by atoms with E-state index in [1.807, 2.05) is 16.7 Å². The third kappa shape index (κ3) is 2.87. The van der Waals surface area contributed by atoms with Crippen molar-refractivity contribution in [2.24, 2.45) is 0 Å². The fraction of sp³-hybridized carbons (Fsp3) is 0.0625. The van der Waals surface area contributed by atoms with Gasteiger partial charge in [-0.1, -0.05) is 33.6 Å². The Bertz CT molecular complexity index is 823. The molecule has 0 unspecified atom stereocenters. The summed E-state index contributed by atoms with van der Waals surface area (Å²) in [5.41, 5.74) is 2.25. The lowest BCUT2D eigenvalue weighted by Crippen LogP contribution is -1.98. The monoisotopic (exact) mass is 365 g/mol. The lowest BCUT2D eigenvalue weighted by atomic mass is 10.2. The molecule has 0 aliphatic carbocycles. The van der Waals surface area contributed by atoms with Crippen molar-refractivity contribution in [3.8, 4) is 0 Å². The van der Waals surface area contributed by atoms with Gasteiger partial charge in [0.2, 0.25) is 0 Å². The fourth-order valence-corrected chi connectivity index (χ4v) is 3.10. The Morgan fingerprint density at radius 2 is 2.05 bits per heavy atom. The number of hydrogen-bond donors (Lipinski definition) is 0. The summed E-state index contributed by atoms with van der Waals surface area (Å²) in [6.45, 7) is 0.459. The molecule has 0 spiro atoms. The first kappa shape index (κ1) is 14.3. The van der Waals surface area contributed by atoms with Gasteiger partial charge in [-0.25, -0.2) is 4.39 Å². The second-order valence-electron chi connectivity index (χ2n) is 4.77. The SMILES string of the molecule is O=Cc1cn(Cc2cc(F)cc(Br)c2)c2cc(Cl)ccc12. The predicted molar refractivity (Wildman–Crippen MR) is 85.5 cm³/mol. The number of fused-ring (bicyclic) bond motifs is 1. The van der Waals surface area contributed by atoms with Crippen LogP contribution in [0.1, 0.15) is 15.9 Å². The van der Waals surface area contributed by atoms with Gasteiger partial charge >= 0.3 is 0 Å². The van der Waals surface area contributed by atoms with Crippen molar-refractivity contribution in [2.75, 3.05) is 0 Å². The molecule has 3 rings (SSSR count). The van der Waals surface area contributed by atoms with Crippen LogP contribution in [0.3, 0.4) is 0 Å². The van der Waals surface area contributed by atoms with E-state index in [1.54, 1.807) is 18.3 Å². The zero-order chi connectivity index (χ0) is 15.0. The molecule has 0 amide bonds. The minimum Gasteiger partial charge on any atom is -0.342 e. The number of carbonyl (C=O) groups is 1. The largest absolute Gasteiger partial charge is 0.342 e. The van der Waals surface area contributed by atoms with Crippen LogP contribution in [0.2, 0.25) is 5.02 Å². The van der Waals surface area contributed by atoms with Crippen LogP contribution in [0.5, 0.6) is 0 Å². The van der Waals surface area contributed by atoms with Gasteiger partial charge in [-0.2, -0.15) is 0 Å². The average Bonchev–Trinajstić information content (AvgIpc) is 2.75. The summed E-state index contributed by atoms with van der Waals surface area (Å²) in [7, 11) is 0. The zero-order valence-electron chi connectivity index (χ0n) is 10.8. The van der Waals surface area contributed by atoms with Crippen LogP contribution in [-0.4, -0.2) is 10.9 Å². The summed E-state index contributed by atoms with van der Waals surface area (Å²) >= 11 is 9.31. The van der Waals surface area contributed by atoms with Crippen LogP contribution in [0.25, 0.3) is 10.9 Å². The van der Waals surface area contributed by atoms with Gasteiger partial charge in [0.1, 0.15) is 5.82 Å². The Morgan fingerprint density at radius 3 is 2.76 bits per heavy atom. The molecule has 0 fully saturated rings. The van der Waals surface area contributed by atoms with Crippen LogP contribution in [0.15, 0.2) is 47.1 Å². The number of hydrogen-bond acceptors (Lipinski definition) is 1. The van der Waals surface area contributed by atoms with Crippen molar-refractivity contribution < 1.29 is 9.18 Å². The van der Waals surface area contributed by atoms with Crippen molar-refractivity contribution in [2.45, 2.75) is 6.54 Å². The molecule has 106 valence electrons. The van der Waals surface area contributed by atoms with Crippen molar-refractivity contribution in [3.05, 3.63) is 69.0 Å². The van der Waals surface area contributed by atoms with Gasteiger partial charge in [0.05, 0.1) is 5.52 Å². The maximum Gasteiger partial charge on any atom is 0.152 e. The summed E-state index contributed by atoms with van der Waals surface area (Å²) in [6, 6.07) is 10.1. The second kappa shape index (κ2) is 5.62. The Labute approximate surface area is 134 Å². The van der Waals surface area contributed by atoms with Gasteiger partial charge in [0.15, 0.2) is 6.29 Å². The first-order valence-corrected chi connectivity index (χ1v) is 7.42. The Hall–Kier alpha value is -1.65. The van der Waals surface area contributed by atoms with E-state index in [-0.39, 0.29) is 5.82 Å². The Morgan fingerprint density at radius 1 is 1.24 bits per heavy atom. The van der Waals surface area contributed by atoms with Crippen molar-refractivity contribution in [3.63, 3.8) is 0 Å². The molecule has 0 aliphatic rings. The van der Waals surface area contributed by atoms with E-state index in [9.17, 15) is 9.18 Å². The molecule has 0 radical (unpaired) electrons. The summed E-state index contributed by atoms with van der Waals surface area (Å²) in [6.07, 6.45) is 2.57. The minimum atomic E-state index is -0.301. The van der Waals surface area contributed by atoms with Gasteiger partial charge in [0, 0.05) is 33.2 Å². The normalized spacial score (nSPS) is 11.0. The van der Waals surface area contributed by atoms with Gasteiger partial charge < -0.3 is 4.57 Å². The number of carbonyl (C=O) groups excluding carboxylic acids is 1. The highest BCUT2D eigenvalue weighted by molar-refractivity contribution is 9.10. The summed E-state index contributed by atoms with van der Waals surface area (Å²) in [5, 5.41) is 1.43. The first-order valence-electron chi connectivity index (χ1n) is 6.25. The van der Waals surface area contributed by atoms with E-state index in [1.165, 1.54) is 12.1 Å². The van der Waals surface area contributed by atoms with E-state index >= 15 is 0 Å². The highest BCUT2D eigenvalue weighted by Gasteiger charge is 2.09. The van der Waals surface area contributed by atoms with E-state index in [0.29, 0.717) is 21.6 Å². The lowest BCUT2D eigenvalue weighted by molar-refractivity contribution is 0.112. The molecule has 0 N–H and O–H groups in total. The maximum atomic E-state index is 13.5. The molecular weight excluding hydrogens is 357 g/mol. The zero-order valence-corrected chi connectivity index (χ0v) is 13.2. The highest BCUT2D eigenvalue weighted by atomic mass is 79.9. The van der Waals surface area contributed by atoms with Crippen LogP contribution in [0, 0.1) is 5.82 Å². The van der Waals surface area contributed by atoms with E-state index < -0.39 is 0 Å². The van der Waals surface area contributed by atoms with Crippen molar-refractivity contribution in [1.82, 2.24) is 4.57 Å². The fourth-order valence-electron chi connectivity index (χ4n) is 2.42. The van der Waals surface area contributed by atoms with Crippen LogP contribution in [-0.2, 0) is 6.54 Å². The van der Waals surface area contributed by atoms with Crippen LogP contribution in [0.4, 0.5) is 4.39 Å². The van der Waals surface area contributed by atoms with Crippen molar-refractivity contribution >= 4 is 44.7 Å². The van der Waals surface area contributed by atoms with Gasteiger partial charge in [0.25, 0.3) is 0 Å². The predicted octanol–water partition coefficient (Wildman–Crippen LogP) is 5.06. The molecule has 0 bridgehead atoms. The van der Waals surface area contributed by atoms with Crippen molar-refractivity contribution in [1.29, 1.82) is 0 Å². The topological polar surface area (TPSA) is 22.0 Å². The highest BCUT2D eigenvalue weighted by Crippen LogP contribution is 2.25. The maximum absolute atomic E-state index is 13.5. The number of aromatic nitrogens is 1. The molecule has 2 aromatic carbocycles. The molecule has 2 nitrogen and oxygen atoms in total. The van der Waals surface area contributed by atoms with E-state index in [4.69, 9.17) is 11.6 Å². The number of aldehydes is 1. The number of benzene rings is 2. The third-order valence-corrected chi connectivity index (χ3v) is 3.97. The molecule has 21 heavy (non-hydrogen) atoms. The average molecular weight is 367 g/mol. The third-order valence-electron chi connectivity index (χ3n) is 3.28. The molecule has 1 heterocycles. The minimum absolute atomic E-state index is 0.301. The standard InChI is InChI=1S/C16H10BrClFNO/c17-12-3-10(4-14(19)5-12)7-20-8-11(9-21)15-2-1-13(18)6-16(15)20/h1-6,8-9H,7H2. The summed E-state index contributed by atoms with van der Waals surface area (Å²) in [5.74, 6) is -0.301. The van der Waals surface area contributed by atoms with Crippen LogP contribution >= 0.6 is 27.5 Å². The molecule has 0 atom stereocenters.